The van der Waals surface area contributed by atoms with Crippen LogP contribution in [0.5, 0.6) is 0 Å². The predicted octanol–water partition coefficient (Wildman–Crippen LogP) is 5.32. The lowest BCUT2D eigenvalue weighted by Gasteiger charge is -2.15. The van der Waals surface area contributed by atoms with Gasteiger partial charge in [0.25, 0.3) is 5.91 Å². The molecule has 0 saturated carbocycles. The molecule has 3 aromatic rings. The van der Waals surface area contributed by atoms with E-state index in [9.17, 15) is 9.59 Å². The number of hydrogen-bond donors (Lipinski definition) is 1. The quantitative estimate of drug-likeness (QED) is 0.603. The molecule has 0 aliphatic carbocycles. The fourth-order valence-electron chi connectivity index (χ4n) is 2.70. The van der Waals surface area contributed by atoms with Gasteiger partial charge in [-0.25, -0.2) is 4.79 Å². The van der Waals surface area contributed by atoms with Crippen molar-refractivity contribution >= 4 is 38.5 Å². The van der Waals surface area contributed by atoms with E-state index in [1.54, 1.807) is 18.2 Å². The molecule has 3 rings (SSSR count). The molecule has 1 aromatic heterocycles. The van der Waals surface area contributed by atoms with Gasteiger partial charge in [0.15, 0.2) is 0 Å². The Bertz CT molecular complexity index is 994. The number of carbonyl (C=O) groups excluding carboxylic acids is 1. The SMILES string of the molecule is CC[C@@H](C)c1ccccc1NC(=O)c1cc2cc(Br)ccc2oc1=O. The van der Waals surface area contributed by atoms with Crippen LogP contribution in [0.25, 0.3) is 11.0 Å². The minimum absolute atomic E-state index is 0.00967. The second-order valence-corrected chi connectivity index (χ2v) is 6.90. The molecule has 5 heteroatoms. The Labute approximate surface area is 154 Å². The number of nitrogens with one attached hydrogen (secondary N) is 1. The molecule has 1 atom stereocenters. The Kier molecular flexibility index (Phi) is 5.04. The maximum atomic E-state index is 12.6. The molecule has 1 N–H and O–H groups in total. The lowest BCUT2D eigenvalue weighted by Crippen LogP contribution is -2.21. The van der Waals surface area contributed by atoms with Crippen LogP contribution >= 0.6 is 15.9 Å². The number of hydrogen-bond acceptors (Lipinski definition) is 3. The van der Waals surface area contributed by atoms with Crippen LogP contribution < -0.4 is 10.9 Å². The van der Waals surface area contributed by atoms with E-state index in [1.807, 2.05) is 30.3 Å². The van der Waals surface area contributed by atoms with Crippen LogP contribution in [0.2, 0.25) is 0 Å². The normalized spacial score (nSPS) is 12.1. The second kappa shape index (κ2) is 7.23. The van der Waals surface area contributed by atoms with Crippen LogP contribution in [0.15, 0.2) is 62.2 Å². The molecule has 0 saturated heterocycles. The Balaban J connectivity index is 1.98. The van der Waals surface area contributed by atoms with Gasteiger partial charge in [-0.15, -0.1) is 0 Å². The minimum Gasteiger partial charge on any atom is -0.422 e. The highest BCUT2D eigenvalue weighted by molar-refractivity contribution is 9.10. The fraction of sp³-hybridized carbons (Fsp3) is 0.200. The molecule has 0 radical (unpaired) electrons. The number of carbonyl (C=O) groups is 1. The molecule has 128 valence electrons. The van der Waals surface area contributed by atoms with Gasteiger partial charge in [-0.3, -0.25) is 4.79 Å². The van der Waals surface area contributed by atoms with E-state index >= 15 is 0 Å². The highest BCUT2D eigenvalue weighted by atomic mass is 79.9. The van der Waals surface area contributed by atoms with Crippen molar-refractivity contribution in [1.82, 2.24) is 0 Å². The zero-order valence-corrected chi connectivity index (χ0v) is 15.6. The third kappa shape index (κ3) is 3.66. The number of benzene rings is 2. The third-order valence-corrected chi connectivity index (χ3v) is 4.78. The summed E-state index contributed by atoms with van der Waals surface area (Å²) in [5.41, 5.74) is 1.56. The van der Waals surface area contributed by atoms with Crippen molar-refractivity contribution in [1.29, 1.82) is 0 Å². The molecular weight excluding hydrogens is 382 g/mol. The number of halogens is 1. The van der Waals surface area contributed by atoms with Crippen molar-refractivity contribution < 1.29 is 9.21 Å². The number of amides is 1. The Morgan fingerprint density at radius 2 is 1.96 bits per heavy atom. The first-order valence-electron chi connectivity index (χ1n) is 8.13. The molecular formula is C20H18BrNO3. The third-order valence-electron chi connectivity index (χ3n) is 4.29. The average Bonchev–Trinajstić information content (AvgIpc) is 2.61. The Morgan fingerprint density at radius 3 is 2.72 bits per heavy atom. The highest BCUT2D eigenvalue weighted by Gasteiger charge is 2.16. The molecule has 25 heavy (non-hydrogen) atoms. The molecule has 1 heterocycles. The summed E-state index contributed by atoms with van der Waals surface area (Å²) in [7, 11) is 0. The second-order valence-electron chi connectivity index (χ2n) is 5.98. The Hall–Kier alpha value is -2.40. The minimum atomic E-state index is -0.645. The fourth-order valence-corrected chi connectivity index (χ4v) is 3.08. The molecule has 0 aliphatic heterocycles. The molecule has 0 unspecified atom stereocenters. The summed E-state index contributed by atoms with van der Waals surface area (Å²) in [6, 6.07) is 14.5. The van der Waals surface area contributed by atoms with Crippen LogP contribution in [-0.4, -0.2) is 5.91 Å². The van der Waals surface area contributed by atoms with E-state index in [4.69, 9.17) is 4.42 Å². The Morgan fingerprint density at radius 1 is 1.20 bits per heavy atom. The van der Waals surface area contributed by atoms with Crippen molar-refractivity contribution in [2.75, 3.05) is 5.32 Å². The van der Waals surface area contributed by atoms with Crippen molar-refractivity contribution in [2.45, 2.75) is 26.2 Å². The zero-order valence-electron chi connectivity index (χ0n) is 14.0. The number of anilines is 1. The van der Waals surface area contributed by atoms with E-state index in [2.05, 4.69) is 35.1 Å². The maximum absolute atomic E-state index is 12.6. The summed E-state index contributed by atoms with van der Waals surface area (Å²) in [6.07, 6.45) is 0.957. The van der Waals surface area contributed by atoms with Gasteiger partial charge in [0.05, 0.1) is 0 Å². The highest BCUT2D eigenvalue weighted by Crippen LogP contribution is 2.27. The van der Waals surface area contributed by atoms with Crippen LogP contribution in [0.1, 0.15) is 42.1 Å². The summed E-state index contributed by atoms with van der Waals surface area (Å²) in [5.74, 6) is -0.160. The van der Waals surface area contributed by atoms with Crippen molar-refractivity contribution in [3.63, 3.8) is 0 Å². The van der Waals surface area contributed by atoms with Crippen LogP contribution in [0, 0.1) is 0 Å². The maximum Gasteiger partial charge on any atom is 0.349 e. The van der Waals surface area contributed by atoms with Gasteiger partial charge >= 0.3 is 5.63 Å². The van der Waals surface area contributed by atoms with E-state index < -0.39 is 11.5 Å². The van der Waals surface area contributed by atoms with Gasteiger partial charge < -0.3 is 9.73 Å². The molecule has 2 aromatic carbocycles. The van der Waals surface area contributed by atoms with Crippen molar-refractivity contribution in [2.24, 2.45) is 0 Å². The van der Waals surface area contributed by atoms with Crippen LogP contribution in [0.4, 0.5) is 5.69 Å². The first kappa shape index (κ1) is 17.4. The number of rotatable bonds is 4. The molecule has 0 bridgehead atoms. The van der Waals surface area contributed by atoms with E-state index in [0.717, 1.165) is 22.1 Å². The summed E-state index contributed by atoms with van der Waals surface area (Å²) in [5, 5.41) is 3.54. The predicted molar refractivity (Wildman–Crippen MR) is 103 cm³/mol. The molecule has 0 fully saturated rings. The van der Waals surface area contributed by atoms with Crippen molar-refractivity contribution in [3.8, 4) is 0 Å². The lowest BCUT2D eigenvalue weighted by molar-refractivity contribution is 0.102. The first-order chi connectivity index (χ1) is 12.0. The molecule has 0 aliphatic rings. The van der Waals surface area contributed by atoms with E-state index in [1.165, 1.54) is 0 Å². The molecule has 1 amide bonds. The van der Waals surface area contributed by atoms with Gasteiger partial charge in [-0.1, -0.05) is 48.0 Å². The summed E-state index contributed by atoms with van der Waals surface area (Å²) in [4.78, 5) is 24.8. The van der Waals surface area contributed by atoms with Gasteiger partial charge in [-0.2, -0.15) is 0 Å². The zero-order chi connectivity index (χ0) is 18.0. The first-order valence-corrected chi connectivity index (χ1v) is 8.92. The molecule has 0 spiro atoms. The van der Waals surface area contributed by atoms with Gasteiger partial charge in [0, 0.05) is 15.5 Å². The van der Waals surface area contributed by atoms with Gasteiger partial charge in [0.2, 0.25) is 0 Å². The number of para-hydroxylation sites is 1. The van der Waals surface area contributed by atoms with E-state index in [0.29, 0.717) is 16.9 Å². The average molecular weight is 400 g/mol. The number of fused-ring (bicyclic) bond motifs is 1. The van der Waals surface area contributed by atoms with Crippen LogP contribution in [0.3, 0.4) is 0 Å². The standard InChI is InChI=1S/C20H18BrNO3/c1-3-12(2)15-6-4-5-7-17(15)22-19(23)16-11-13-10-14(21)8-9-18(13)25-20(16)24/h4-12H,3H2,1-2H3,(H,22,23)/t12-/m1/s1. The van der Waals surface area contributed by atoms with Crippen molar-refractivity contribution in [3.05, 3.63) is 74.6 Å². The summed E-state index contributed by atoms with van der Waals surface area (Å²) < 4.78 is 6.12. The van der Waals surface area contributed by atoms with Gasteiger partial charge in [0.1, 0.15) is 11.1 Å². The molecule has 4 nitrogen and oxygen atoms in total. The van der Waals surface area contributed by atoms with Gasteiger partial charge in [-0.05, 0) is 48.2 Å². The smallest absolute Gasteiger partial charge is 0.349 e. The largest absolute Gasteiger partial charge is 0.422 e. The van der Waals surface area contributed by atoms with Crippen LogP contribution in [-0.2, 0) is 0 Å². The summed E-state index contributed by atoms with van der Waals surface area (Å²) in [6.45, 7) is 4.20. The topological polar surface area (TPSA) is 59.3 Å². The monoisotopic (exact) mass is 399 g/mol. The lowest BCUT2D eigenvalue weighted by atomic mass is 9.97. The summed E-state index contributed by atoms with van der Waals surface area (Å²) >= 11 is 3.38. The van der Waals surface area contributed by atoms with E-state index in [-0.39, 0.29) is 5.56 Å².